The molecule has 0 saturated heterocycles. The molecule has 0 aliphatic carbocycles. The van der Waals surface area contributed by atoms with Crippen LogP contribution in [0.5, 0.6) is 5.75 Å². The molecule has 0 spiro atoms. The number of hydrogen-bond donors (Lipinski definition) is 2. The number of nitrogens with one attached hydrogen (secondary N) is 2. The second-order valence-electron chi connectivity index (χ2n) is 7.33. The minimum atomic E-state index is -1.20. The van der Waals surface area contributed by atoms with Gasteiger partial charge in [-0.3, -0.25) is 9.59 Å². The van der Waals surface area contributed by atoms with Gasteiger partial charge >= 0.3 is 0 Å². The van der Waals surface area contributed by atoms with Gasteiger partial charge < -0.3 is 20.3 Å². The molecule has 0 aromatic heterocycles. The maximum absolute atomic E-state index is 12.7. The molecule has 0 aliphatic rings. The summed E-state index contributed by atoms with van der Waals surface area (Å²) in [5, 5.41) is 5.68. The smallest absolute Gasteiger partial charge is 0.239 e. The zero-order chi connectivity index (χ0) is 21.4. The van der Waals surface area contributed by atoms with Gasteiger partial charge in [0.05, 0.1) is 7.11 Å². The minimum absolute atomic E-state index is 0.328. The van der Waals surface area contributed by atoms with Crippen LogP contribution in [0.4, 0.5) is 11.4 Å². The predicted octanol–water partition coefficient (Wildman–Crippen LogP) is 3.82. The summed E-state index contributed by atoms with van der Waals surface area (Å²) in [5.41, 5.74) is 1.50. The van der Waals surface area contributed by atoms with Crippen LogP contribution in [0.2, 0.25) is 0 Å². The summed E-state index contributed by atoms with van der Waals surface area (Å²) in [6, 6.07) is 15.1. The van der Waals surface area contributed by atoms with Crippen molar-refractivity contribution in [2.24, 2.45) is 5.41 Å². The summed E-state index contributed by atoms with van der Waals surface area (Å²) in [6.45, 7) is 9.63. The maximum atomic E-state index is 12.7. The van der Waals surface area contributed by atoms with Crippen LogP contribution in [0.3, 0.4) is 0 Å². The van der Waals surface area contributed by atoms with Gasteiger partial charge in [0.2, 0.25) is 11.8 Å². The van der Waals surface area contributed by atoms with Crippen molar-refractivity contribution in [1.82, 2.24) is 5.32 Å². The van der Waals surface area contributed by atoms with Crippen LogP contribution >= 0.6 is 0 Å². The number of carbonyl (C=O) groups is 2. The number of hydrogen-bond acceptors (Lipinski definition) is 4. The van der Waals surface area contributed by atoms with Crippen LogP contribution in [0.1, 0.15) is 33.3 Å². The summed E-state index contributed by atoms with van der Waals surface area (Å²) >= 11 is 0. The number of methoxy groups -OCH3 is 1. The number of ether oxygens (including phenoxy) is 1. The molecule has 2 rings (SSSR count). The molecule has 6 nitrogen and oxygen atoms in total. The van der Waals surface area contributed by atoms with Gasteiger partial charge in [0, 0.05) is 31.0 Å². The SMILES string of the molecule is CCN(CC)c1ccc(NC(=O)C(C)(C)C(=O)NCc2ccc(OC)cc2)cc1. The number of rotatable bonds is 9. The summed E-state index contributed by atoms with van der Waals surface area (Å²) in [5.74, 6) is 0.0812. The van der Waals surface area contributed by atoms with Gasteiger partial charge in [0.25, 0.3) is 0 Å². The topological polar surface area (TPSA) is 70.7 Å². The second-order valence-corrected chi connectivity index (χ2v) is 7.33. The molecule has 2 aromatic carbocycles. The normalized spacial score (nSPS) is 10.9. The summed E-state index contributed by atoms with van der Waals surface area (Å²) < 4.78 is 5.13. The van der Waals surface area contributed by atoms with E-state index in [9.17, 15) is 9.59 Å². The van der Waals surface area contributed by atoms with Gasteiger partial charge in [0.1, 0.15) is 11.2 Å². The van der Waals surface area contributed by atoms with Crippen molar-refractivity contribution >= 4 is 23.2 Å². The first kappa shape index (κ1) is 22.3. The van der Waals surface area contributed by atoms with Gasteiger partial charge in [-0.05, 0) is 69.7 Å². The zero-order valence-corrected chi connectivity index (χ0v) is 17.9. The Morgan fingerprint density at radius 1 is 0.931 bits per heavy atom. The zero-order valence-electron chi connectivity index (χ0n) is 17.9. The molecule has 0 fully saturated rings. The van der Waals surface area contributed by atoms with Crippen LogP contribution < -0.4 is 20.3 Å². The third kappa shape index (κ3) is 5.73. The molecule has 0 saturated carbocycles. The van der Waals surface area contributed by atoms with E-state index in [1.807, 2.05) is 48.5 Å². The Kier molecular flexibility index (Phi) is 7.65. The van der Waals surface area contributed by atoms with Crippen LogP contribution in [0.15, 0.2) is 48.5 Å². The standard InChI is InChI=1S/C23H31N3O3/c1-6-26(7-2)19-12-10-18(11-13-19)25-22(28)23(3,4)21(27)24-16-17-8-14-20(29-5)15-9-17/h8-15H,6-7,16H2,1-5H3,(H,24,27)(H,25,28). The van der Waals surface area contributed by atoms with Crippen molar-refractivity contribution in [2.75, 3.05) is 30.4 Å². The molecular formula is C23H31N3O3. The third-order valence-electron chi connectivity index (χ3n) is 5.00. The van der Waals surface area contributed by atoms with Crippen LogP contribution in [-0.2, 0) is 16.1 Å². The van der Waals surface area contributed by atoms with E-state index in [0.29, 0.717) is 12.2 Å². The average Bonchev–Trinajstić information content (AvgIpc) is 2.74. The fourth-order valence-corrected chi connectivity index (χ4v) is 2.88. The number of amides is 2. The van der Waals surface area contributed by atoms with E-state index in [1.54, 1.807) is 21.0 Å². The Hall–Kier alpha value is -3.02. The van der Waals surface area contributed by atoms with E-state index < -0.39 is 5.41 Å². The third-order valence-corrected chi connectivity index (χ3v) is 5.00. The lowest BCUT2D eigenvalue weighted by atomic mass is 9.90. The van der Waals surface area contributed by atoms with E-state index in [1.165, 1.54) is 0 Å². The Labute approximate surface area is 173 Å². The van der Waals surface area contributed by atoms with Gasteiger partial charge in [-0.15, -0.1) is 0 Å². The van der Waals surface area contributed by atoms with Crippen molar-refractivity contribution in [3.05, 3.63) is 54.1 Å². The molecule has 156 valence electrons. The monoisotopic (exact) mass is 397 g/mol. The minimum Gasteiger partial charge on any atom is -0.497 e. The first-order valence-electron chi connectivity index (χ1n) is 9.89. The van der Waals surface area contributed by atoms with Crippen LogP contribution in [0, 0.1) is 5.41 Å². The summed E-state index contributed by atoms with van der Waals surface area (Å²) in [7, 11) is 1.61. The van der Waals surface area contributed by atoms with E-state index in [0.717, 1.165) is 30.1 Å². The first-order valence-corrected chi connectivity index (χ1v) is 9.89. The molecule has 0 bridgehead atoms. The van der Waals surface area contributed by atoms with E-state index >= 15 is 0 Å². The predicted molar refractivity (Wildman–Crippen MR) is 117 cm³/mol. The van der Waals surface area contributed by atoms with Gasteiger partial charge in [-0.2, -0.15) is 0 Å². The number of benzene rings is 2. The Morgan fingerprint density at radius 2 is 1.52 bits per heavy atom. The van der Waals surface area contributed by atoms with Crippen molar-refractivity contribution in [2.45, 2.75) is 34.2 Å². The molecule has 0 radical (unpaired) electrons. The highest BCUT2D eigenvalue weighted by atomic mass is 16.5. The van der Waals surface area contributed by atoms with Gasteiger partial charge in [0.15, 0.2) is 0 Å². The Morgan fingerprint density at radius 3 is 2.03 bits per heavy atom. The molecule has 0 heterocycles. The highest BCUT2D eigenvalue weighted by molar-refractivity contribution is 6.09. The Bertz CT molecular complexity index is 810. The molecule has 2 amide bonds. The second kappa shape index (κ2) is 9.96. The number of carbonyl (C=O) groups excluding carboxylic acids is 2. The fourth-order valence-electron chi connectivity index (χ4n) is 2.88. The molecular weight excluding hydrogens is 366 g/mol. The molecule has 2 N–H and O–H groups in total. The molecule has 2 aromatic rings. The summed E-state index contributed by atoms with van der Waals surface area (Å²) in [4.78, 5) is 27.5. The maximum Gasteiger partial charge on any atom is 0.239 e. The lowest BCUT2D eigenvalue weighted by Gasteiger charge is -2.24. The van der Waals surface area contributed by atoms with E-state index in [2.05, 4.69) is 29.4 Å². The lowest BCUT2D eigenvalue weighted by Crippen LogP contribution is -2.44. The molecule has 6 heteroatoms. The van der Waals surface area contributed by atoms with Crippen LogP contribution in [0.25, 0.3) is 0 Å². The summed E-state index contributed by atoms with van der Waals surface area (Å²) in [6.07, 6.45) is 0. The number of anilines is 2. The van der Waals surface area contributed by atoms with Crippen molar-refractivity contribution in [1.29, 1.82) is 0 Å². The largest absolute Gasteiger partial charge is 0.497 e. The van der Waals surface area contributed by atoms with Crippen molar-refractivity contribution in [3.8, 4) is 5.75 Å². The van der Waals surface area contributed by atoms with Crippen molar-refractivity contribution < 1.29 is 14.3 Å². The fraction of sp³-hybridized carbons (Fsp3) is 0.391. The molecule has 0 unspecified atom stereocenters. The van der Waals surface area contributed by atoms with Gasteiger partial charge in [-0.25, -0.2) is 0 Å². The molecule has 0 atom stereocenters. The van der Waals surface area contributed by atoms with Gasteiger partial charge in [-0.1, -0.05) is 12.1 Å². The average molecular weight is 398 g/mol. The highest BCUT2D eigenvalue weighted by Crippen LogP contribution is 2.22. The Balaban J connectivity index is 1.96. The van der Waals surface area contributed by atoms with E-state index in [4.69, 9.17) is 4.74 Å². The van der Waals surface area contributed by atoms with E-state index in [-0.39, 0.29) is 11.8 Å². The molecule has 0 aliphatic heterocycles. The quantitative estimate of drug-likeness (QED) is 0.631. The highest BCUT2D eigenvalue weighted by Gasteiger charge is 2.35. The first-order chi connectivity index (χ1) is 13.8. The lowest BCUT2D eigenvalue weighted by molar-refractivity contribution is -0.138. The van der Waals surface area contributed by atoms with Crippen LogP contribution in [-0.4, -0.2) is 32.0 Å². The number of nitrogens with zero attached hydrogens (tertiary/aromatic N) is 1. The van der Waals surface area contributed by atoms with Crippen molar-refractivity contribution in [3.63, 3.8) is 0 Å². The molecule has 29 heavy (non-hydrogen) atoms.